The van der Waals surface area contributed by atoms with E-state index >= 15 is 0 Å². The molecule has 1 aliphatic heterocycles. The first-order valence-electron chi connectivity index (χ1n) is 6.29. The molecule has 3 heteroatoms. The Bertz CT molecular complexity index is 717. The van der Waals surface area contributed by atoms with Crippen molar-refractivity contribution in [3.63, 3.8) is 0 Å². The normalized spacial score (nSPS) is 15.7. The van der Waals surface area contributed by atoms with Crippen molar-refractivity contribution in [2.24, 2.45) is 0 Å². The molecular formula is C17H12ClNO. The topological polar surface area (TPSA) is 29.1 Å². The third-order valence-corrected chi connectivity index (χ3v) is 3.35. The molecule has 3 rings (SSSR count). The SMILES string of the molecule is O=C1Nc2ccc(Cl)cc2/C1=C\C=C\c1ccccc1. The fourth-order valence-corrected chi connectivity index (χ4v) is 2.32. The molecule has 0 unspecified atom stereocenters. The van der Waals surface area contributed by atoms with E-state index in [1.807, 2.05) is 54.6 Å². The van der Waals surface area contributed by atoms with E-state index in [-0.39, 0.29) is 5.91 Å². The molecule has 0 saturated heterocycles. The average Bonchev–Trinajstić information content (AvgIpc) is 2.76. The Balaban J connectivity index is 1.91. The van der Waals surface area contributed by atoms with Gasteiger partial charge in [-0.15, -0.1) is 0 Å². The van der Waals surface area contributed by atoms with E-state index in [9.17, 15) is 4.79 Å². The number of allylic oxidation sites excluding steroid dienone is 2. The van der Waals surface area contributed by atoms with Gasteiger partial charge in [-0.1, -0.05) is 54.1 Å². The Hall–Kier alpha value is -2.32. The van der Waals surface area contributed by atoms with Gasteiger partial charge < -0.3 is 5.32 Å². The lowest BCUT2D eigenvalue weighted by Crippen LogP contribution is -2.03. The zero-order valence-electron chi connectivity index (χ0n) is 10.6. The molecule has 1 N–H and O–H groups in total. The standard InChI is InChI=1S/C17H12ClNO/c18-13-9-10-16-15(11-13)14(17(20)19-16)8-4-7-12-5-2-1-3-6-12/h1-11H,(H,19,20)/b7-4+,14-8+. The first-order valence-corrected chi connectivity index (χ1v) is 6.66. The van der Waals surface area contributed by atoms with Crippen LogP contribution >= 0.6 is 11.6 Å². The number of benzene rings is 2. The summed E-state index contributed by atoms with van der Waals surface area (Å²) in [7, 11) is 0. The molecule has 0 aromatic heterocycles. The molecule has 2 aromatic rings. The first kappa shape index (κ1) is 12.7. The predicted molar refractivity (Wildman–Crippen MR) is 83.5 cm³/mol. The molecule has 20 heavy (non-hydrogen) atoms. The number of carbonyl (C=O) groups excluding carboxylic acids is 1. The third kappa shape index (κ3) is 2.51. The van der Waals surface area contributed by atoms with Crippen molar-refractivity contribution in [2.75, 3.05) is 5.32 Å². The molecule has 2 aromatic carbocycles. The fraction of sp³-hybridized carbons (Fsp3) is 0. The molecule has 0 bridgehead atoms. The van der Waals surface area contributed by atoms with Gasteiger partial charge in [-0.3, -0.25) is 4.79 Å². The average molecular weight is 282 g/mol. The summed E-state index contributed by atoms with van der Waals surface area (Å²) in [5, 5.41) is 3.45. The molecule has 0 saturated carbocycles. The molecule has 0 fully saturated rings. The van der Waals surface area contributed by atoms with E-state index in [1.54, 1.807) is 12.1 Å². The van der Waals surface area contributed by atoms with E-state index in [1.165, 1.54) is 0 Å². The van der Waals surface area contributed by atoms with E-state index in [0.29, 0.717) is 10.6 Å². The van der Waals surface area contributed by atoms with Gasteiger partial charge in [0.15, 0.2) is 0 Å². The summed E-state index contributed by atoms with van der Waals surface area (Å²) in [6.45, 7) is 0. The summed E-state index contributed by atoms with van der Waals surface area (Å²) < 4.78 is 0. The van der Waals surface area contributed by atoms with Crippen molar-refractivity contribution in [1.29, 1.82) is 0 Å². The molecule has 1 aliphatic rings. The van der Waals surface area contributed by atoms with Gasteiger partial charge in [-0.05, 0) is 29.8 Å². The minimum absolute atomic E-state index is 0.0972. The Morgan fingerprint density at radius 3 is 2.65 bits per heavy atom. The Morgan fingerprint density at radius 1 is 1.05 bits per heavy atom. The zero-order valence-corrected chi connectivity index (χ0v) is 11.4. The lowest BCUT2D eigenvalue weighted by molar-refractivity contribution is -0.110. The number of amides is 1. The van der Waals surface area contributed by atoms with Crippen LogP contribution in [0.2, 0.25) is 5.02 Å². The summed E-state index contributed by atoms with van der Waals surface area (Å²) in [5.74, 6) is -0.0972. The quantitative estimate of drug-likeness (QED) is 0.813. The van der Waals surface area contributed by atoms with Crippen LogP contribution in [0.3, 0.4) is 0 Å². The van der Waals surface area contributed by atoms with Crippen LogP contribution in [0.1, 0.15) is 11.1 Å². The second kappa shape index (κ2) is 5.35. The predicted octanol–water partition coefficient (Wildman–Crippen LogP) is 4.39. The van der Waals surface area contributed by atoms with Gasteiger partial charge in [0.1, 0.15) is 0 Å². The number of hydrogen-bond donors (Lipinski definition) is 1. The van der Waals surface area contributed by atoms with Crippen LogP contribution in [0.25, 0.3) is 11.6 Å². The van der Waals surface area contributed by atoms with Gasteiger partial charge in [0, 0.05) is 21.8 Å². The van der Waals surface area contributed by atoms with Gasteiger partial charge in [0.2, 0.25) is 0 Å². The van der Waals surface area contributed by atoms with Gasteiger partial charge in [-0.2, -0.15) is 0 Å². The second-order valence-electron chi connectivity index (χ2n) is 4.49. The molecule has 1 heterocycles. The van der Waals surface area contributed by atoms with E-state index in [4.69, 9.17) is 11.6 Å². The van der Waals surface area contributed by atoms with Crippen LogP contribution in [0.15, 0.2) is 60.7 Å². The summed E-state index contributed by atoms with van der Waals surface area (Å²) in [5.41, 5.74) is 3.38. The van der Waals surface area contributed by atoms with Gasteiger partial charge in [0.05, 0.1) is 0 Å². The van der Waals surface area contributed by atoms with Crippen molar-refractivity contribution in [1.82, 2.24) is 0 Å². The number of rotatable bonds is 2. The minimum atomic E-state index is -0.0972. The largest absolute Gasteiger partial charge is 0.321 e. The second-order valence-corrected chi connectivity index (χ2v) is 4.93. The van der Waals surface area contributed by atoms with Crippen molar-refractivity contribution in [3.8, 4) is 0 Å². The highest BCUT2D eigenvalue weighted by Gasteiger charge is 2.23. The summed E-state index contributed by atoms with van der Waals surface area (Å²) in [4.78, 5) is 11.9. The Kier molecular flexibility index (Phi) is 3.40. The molecule has 0 atom stereocenters. The van der Waals surface area contributed by atoms with Crippen molar-refractivity contribution >= 4 is 34.8 Å². The summed E-state index contributed by atoms with van der Waals surface area (Å²) >= 11 is 5.98. The molecular weight excluding hydrogens is 270 g/mol. The van der Waals surface area contributed by atoms with Crippen LogP contribution in [0.5, 0.6) is 0 Å². The number of nitrogens with one attached hydrogen (secondary N) is 1. The molecule has 0 aliphatic carbocycles. The molecule has 1 amide bonds. The van der Waals surface area contributed by atoms with Gasteiger partial charge in [-0.25, -0.2) is 0 Å². The third-order valence-electron chi connectivity index (χ3n) is 3.12. The van der Waals surface area contributed by atoms with Crippen molar-refractivity contribution in [3.05, 3.63) is 76.8 Å². The number of hydrogen-bond acceptors (Lipinski definition) is 1. The number of carbonyl (C=O) groups is 1. The Labute approximate surface area is 122 Å². The minimum Gasteiger partial charge on any atom is -0.321 e. The number of halogens is 1. The summed E-state index contributed by atoms with van der Waals surface area (Å²) in [6.07, 6.45) is 5.65. The molecule has 0 spiro atoms. The van der Waals surface area contributed by atoms with E-state index < -0.39 is 0 Å². The molecule has 2 nitrogen and oxygen atoms in total. The van der Waals surface area contributed by atoms with Crippen LogP contribution in [0.4, 0.5) is 5.69 Å². The van der Waals surface area contributed by atoms with Crippen LogP contribution in [-0.4, -0.2) is 5.91 Å². The number of fused-ring (bicyclic) bond motifs is 1. The highest BCUT2D eigenvalue weighted by Crippen LogP contribution is 2.33. The van der Waals surface area contributed by atoms with E-state index in [0.717, 1.165) is 16.8 Å². The lowest BCUT2D eigenvalue weighted by atomic mass is 10.1. The van der Waals surface area contributed by atoms with Gasteiger partial charge >= 0.3 is 0 Å². The van der Waals surface area contributed by atoms with Gasteiger partial charge in [0.25, 0.3) is 5.91 Å². The maximum atomic E-state index is 11.9. The first-order chi connectivity index (χ1) is 9.74. The maximum absolute atomic E-state index is 11.9. The molecule has 98 valence electrons. The van der Waals surface area contributed by atoms with Crippen molar-refractivity contribution in [2.45, 2.75) is 0 Å². The Morgan fingerprint density at radius 2 is 1.85 bits per heavy atom. The maximum Gasteiger partial charge on any atom is 0.256 e. The fourth-order valence-electron chi connectivity index (χ4n) is 2.15. The zero-order chi connectivity index (χ0) is 13.9. The van der Waals surface area contributed by atoms with Crippen LogP contribution in [-0.2, 0) is 4.79 Å². The number of anilines is 1. The van der Waals surface area contributed by atoms with E-state index in [2.05, 4.69) is 5.32 Å². The highest BCUT2D eigenvalue weighted by molar-refractivity contribution is 6.34. The smallest absolute Gasteiger partial charge is 0.256 e. The lowest BCUT2D eigenvalue weighted by Gasteiger charge is -1.97. The summed E-state index contributed by atoms with van der Waals surface area (Å²) in [6, 6.07) is 15.3. The van der Waals surface area contributed by atoms with Crippen LogP contribution < -0.4 is 5.32 Å². The highest BCUT2D eigenvalue weighted by atomic mass is 35.5. The molecule has 0 radical (unpaired) electrons. The van der Waals surface area contributed by atoms with Crippen LogP contribution in [0, 0.1) is 0 Å². The monoisotopic (exact) mass is 281 g/mol. The van der Waals surface area contributed by atoms with Crippen molar-refractivity contribution < 1.29 is 4.79 Å².